The lowest BCUT2D eigenvalue weighted by atomic mass is 10.1. The van der Waals surface area contributed by atoms with Crippen LogP contribution >= 0.6 is 0 Å². The van der Waals surface area contributed by atoms with E-state index < -0.39 is 0 Å². The average Bonchev–Trinajstić information content (AvgIpc) is 2.89. The summed E-state index contributed by atoms with van der Waals surface area (Å²) in [7, 11) is 0. The number of benzene rings is 1. The number of rotatable bonds is 6. The largest absolute Gasteiger partial charge is 0.353 e. The van der Waals surface area contributed by atoms with Gasteiger partial charge in [0.2, 0.25) is 11.8 Å². The van der Waals surface area contributed by atoms with E-state index in [0.717, 1.165) is 24.9 Å². The maximum atomic E-state index is 12.3. The van der Waals surface area contributed by atoms with E-state index in [0.29, 0.717) is 13.0 Å². The van der Waals surface area contributed by atoms with Gasteiger partial charge in [-0.3, -0.25) is 9.59 Å². The molecule has 0 aliphatic carbocycles. The van der Waals surface area contributed by atoms with Crippen LogP contribution in [0.3, 0.4) is 0 Å². The van der Waals surface area contributed by atoms with Gasteiger partial charge in [-0.15, -0.1) is 0 Å². The highest BCUT2D eigenvalue weighted by atomic mass is 16.2. The van der Waals surface area contributed by atoms with Gasteiger partial charge >= 0.3 is 0 Å². The van der Waals surface area contributed by atoms with Gasteiger partial charge in [-0.1, -0.05) is 32.4 Å². The molecule has 0 unspecified atom stereocenters. The molecular formula is C18H26N2O2. The predicted octanol–water partition coefficient (Wildman–Crippen LogP) is 2.91. The number of hydrogen-bond acceptors (Lipinski definition) is 2. The Hall–Kier alpha value is -1.84. The maximum Gasteiger partial charge on any atom is 0.227 e. The number of nitrogens with one attached hydrogen (secondary N) is 1. The summed E-state index contributed by atoms with van der Waals surface area (Å²) in [6, 6.07) is 8.19. The molecule has 0 radical (unpaired) electrons. The zero-order valence-corrected chi connectivity index (χ0v) is 13.8. The second kappa shape index (κ2) is 7.43. The number of nitrogens with zero attached hydrogens (tertiary/aromatic N) is 1. The summed E-state index contributed by atoms with van der Waals surface area (Å²) in [6.07, 6.45) is 3.30. The minimum absolute atomic E-state index is 0.00183. The molecule has 0 spiro atoms. The van der Waals surface area contributed by atoms with E-state index >= 15 is 0 Å². The van der Waals surface area contributed by atoms with E-state index in [1.807, 2.05) is 31.2 Å². The van der Waals surface area contributed by atoms with Crippen molar-refractivity contribution in [3.63, 3.8) is 0 Å². The van der Waals surface area contributed by atoms with Crippen LogP contribution in [-0.4, -0.2) is 24.4 Å². The third-order valence-corrected chi connectivity index (χ3v) is 4.26. The Balaban J connectivity index is 1.99. The van der Waals surface area contributed by atoms with Gasteiger partial charge in [-0.25, -0.2) is 0 Å². The molecular weight excluding hydrogens is 276 g/mol. The van der Waals surface area contributed by atoms with E-state index in [-0.39, 0.29) is 23.8 Å². The molecule has 4 heteroatoms. The molecule has 0 aromatic heterocycles. The van der Waals surface area contributed by atoms with Crippen molar-refractivity contribution in [3.05, 3.63) is 29.8 Å². The topological polar surface area (TPSA) is 49.4 Å². The standard InChI is InChI=1S/C18H26N2O2/c1-4-6-13(3)19-18(22)15-11-17(21)20(12-15)16-9-7-14(5-2)8-10-16/h7-10,13,15H,4-6,11-12H2,1-3H3,(H,19,22)/t13-,15+/m1/s1. The van der Waals surface area contributed by atoms with Gasteiger partial charge in [0.05, 0.1) is 5.92 Å². The van der Waals surface area contributed by atoms with Gasteiger partial charge in [0.15, 0.2) is 0 Å². The first kappa shape index (κ1) is 16.5. The fourth-order valence-electron chi connectivity index (χ4n) is 2.91. The SMILES string of the molecule is CCC[C@@H](C)NC(=O)[C@H]1CC(=O)N(c2ccc(CC)cc2)C1. The highest BCUT2D eigenvalue weighted by Gasteiger charge is 2.35. The van der Waals surface area contributed by atoms with Crippen molar-refractivity contribution in [3.8, 4) is 0 Å². The number of carbonyl (C=O) groups is 2. The van der Waals surface area contributed by atoms with Crippen molar-refractivity contribution < 1.29 is 9.59 Å². The molecule has 1 fully saturated rings. The summed E-state index contributed by atoms with van der Waals surface area (Å²) < 4.78 is 0. The number of aryl methyl sites for hydroxylation is 1. The van der Waals surface area contributed by atoms with Crippen LogP contribution in [0.4, 0.5) is 5.69 Å². The zero-order chi connectivity index (χ0) is 16.1. The summed E-state index contributed by atoms with van der Waals surface area (Å²) >= 11 is 0. The van der Waals surface area contributed by atoms with Gasteiger partial charge in [-0.2, -0.15) is 0 Å². The van der Waals surface area contributed by atoms with Crippen LogP contribution in [0.15, 0.2) is 24.3 Å². The Morgan fingerprint density at radius 2 is 2.00 bits per heavy atom. The van der Waals surface area contributed by atoms with E-state index in [4.69, 9.17) is 0 Å². The van der Waals surface area contributed by atoms with Crippen LogP contribution in [0.2, 0.25) is 0 Å². The summed E-state index contributed by atoms with van der Waals surface area (Å²) in [6.45, 7) is 6.70. The molecule has 1 aromatic rings. The van der Waals surface area contributed by atoms with Gasteiger partial charge in [-0.05, 0) is 37.5 Å². The summed E-state index contributed by atoms with van der Waals surface area (Å²) in [5.41, 5.74) is 2.14. The molecule has 1 aliphatic rings. The molecule has 1 heterocycles. The van der Waals surface area contributed by atoms with Crippen molar-refractivity contribution >= 4 is 17.5 Å². The highest BCUT2D eigenvalue weighted by Crippen LogP contribution is 2.25. The molecule has 2 rings (SSSR count). The normalized spacial score (nSPS) is 19.3. The molecule has 0 bridgehead atoms. The monoisotopic (exact) mass is 302 g/mol. The second-order valence-electron chi connectivity index (χ2n) is 6.12. The molecule has 2 atom stereocenters. The number of amides is 2. The summed E-state index contributed by atoms with van der Waals surface area (Å²) in [5.74, 6) is -0.202. The summed E-state index contributed by atoms with van der Waals surface area (Å²) in [4.78, 5) is 26.2. The molecule has 22 heavy (non-hydrogen) atoms. The highest BCUT2D eigenvalue weighted by molar-refractivity contribution is 6.00. The quantitative estimate of drug-likeness (QED) is 0.878. The fraction of sp³-hybridized carbons (Fsp3) is 0.556. The maximum absolute atomic E-state index is 12.3. The number of hydrogen-bond donors (Lipinski definition) is 1. The van der Waals surface area contributed by atoms with Crippen molar-refractivity contribution in [2.24, 2.45) is 5.92 Å². The molecule has 1 aliphatic heterocycles. The van der Waals surface area contributed by atoms with Crippen molar-refractivity contribution in [1.82, 2.24) is 5.32 Å². The molecule has 1 saturated heterocycles. The first-order valence-corrected chi connectivity index (χ1v) is 8.24. The molecule has 1 N–H and O–H groups in total. The Bertz CT molecular complexity index is 524. The third kappa shape index (κ3) is 3.87. The fourth-order valence-corrected chi connectivity index (χ4v) is 2.91. The van der Waals surface area contributed by atoms with E-state index in [9.17, 15) is 9.59 Å². The van der Waals surface area contributed by atoms with E-state index in [2.05, 4.69) is 19.2 Å². The first-order valence-electron chi connectivity index (χ1n) is 8.24. The molecule has 2 amide bonds. The first-order chi connectivity index (χ1) is 10.5. The smallest absolute Gasteiger partial charge is 0.227 e. The Labute approximate surface area is 132 Å². The van der Waals surface area contributed by atoms with Crippen LogP contribution in [0, 0.1) is 5.92 Å². The van der Waals surface area contributed by atoms with E-state index in [1.54, 1.807) is 4.90 Å². The zero-order valence-electron chi connectivity index (χ0n) is 13.8. The lowest BCUT2D eigenvalue weighted by molar-refractivity contribution is -0.126. The van der Waals surface area contributed by atoms with Gasteiger partial charge in [0.1, 0.15) is 0 Å². The van der Waals surface area contributed by atoms with Gasteiger partial charge in [0, 0.05) is 24.7 Å². The summed E-state index contributed by atoms with van der Waals surface area (Å²) in [5, 5.41) is 3.02. The Kier molecular flexibility index (Phi) is 5.58. The van der Waals surface area contributed by atoms with Crippen LogP contribution in [-0.2, 0) is 16.0 Å². The Morgan fingerprint density at radius 3 is 2.59 bits per heavy atom. The minimum atomic E-state index is -0.238. The predicted molar refractivity (Wildman–Crippen MR) is 88.8 cm³/mol. The minimum Gasteiger partial charge on any atom is -0.353 e. The molecule has 1 aromatic carbocycles. The van der Waals surface area contributed by atoms with Crippen LogP contribution in [0.1, 0.15) is 45.6 Å². The number of carbonyl (C=O) groups excluding carboxylic acids is 2. The van der Waals surface area contributed by atoms with Crippen molar-refractivity contribution in [2.45, 2.75) is 52.5 Å². The second-order valence-corrected chi connectivity index (χ2v) is 6.12. The molecule has 120 valence electrons. The number of anilines is 1. The lowest BCUT2D eigenvalue weighted by Crippen LogP contribution is -2.38. The van der Waals surface area contributed by atoms with E-state index in [1.165, 1.54) is 5.56 Å². The third-order valence-electron chi connectivity index (χ3n) is 4.26. The van der Waals surface area contributed by atoms with Gasteiger partial charge < -0.3 is 10.2 Å². The average molecular weight is 302 g/mol. The molecule has 4 nitrogen and oxygen atoms in total. The van der Waals surface area contributed by atoms with Crippen LogP contribution < -0.4 is 10.2 Å². The lowest BCUT2D eigenvalue weighted by Gasteiger charge is -2.18. The van der Waals surface area contributed by atoms with Crippen LogP contribution in [0.5, 0.6) is 0 Å². The van der Waals surface area contributed by atoms with Crippen molar-refractivity contribution in [1.29, 1.82) is 0 Å². The Morgan fingerprint density at radius 1 is 1.32 bits per heavy atom. The molecule has 0 saturated carbocycles. The van der Waals surface area contributed by atoms with Crippen LogP contribution in [0.25, 0.3) is 0 Å². The van der Waals surface area contributed by atoms with Crippen molar-refractivity contribution in [2.75, 3.05) is 11.4 Å². The van der Waals surface area contributed by atoms with Gasteiger partial charge in [0.25, 0.3) is 0 Å².